The van der Waals surface area contributed by atoms with E-state index < -0.39 is 0 Å². The van der Waals surface area contributed by atoms with E-state index in [-0.39, 0.29) is 12.6 Å². The van der Waals surface area contributed by atoms with E-state index in [9.17, 15) is 5.11 Å². The SMILES string of the molecule is OC[C@@H]1[C@H](c2ccc(C3=CCCC3)cc2)[C@H]2CN(Cc3cccnc3)CCCCN12. The zero-order chi connectivity index (χ0) is 20.3. The van der Waals surface area contributed by atoms with Crippen LogP contribution in [0.4, 0.5) is 0 Å². The van der Waals surface area contributed by atoms with E-state index in [1.807, 2.05) is 18.5 Å². The molecule has 0 saturated carbocycles. The highest BCUT2D eigenvalue weighted by Gasteiger charge is 2.49. The molecule has 2 aliphatic heterocycles. The van der Waals surface area contributed by atoms with Crippen molar-refractivity contribution in [3.63, 3.8) is 0 Å². The summed E-state index contributed by atoms with van der Waals surface area (Å²) < 4.78 is 0. The van der Waals surface area contributed by atoms with Gasteiger partial charge in [0.25, 0.3) is 0 Å². The molecule has 5 rings (SSSR count). The fourth-order valence-electron chi connectivity index (χ4n) is 5.76. The monoisotopic (exact) mass is 403 g/mol. The Labute approximate surface area is 180 Å². The molecule has 1 aromatic carbocycles. The van der Waals surface area contributed by atoms with E-state index in [2.05, 4.69) is 51.2 Å². The first-order valence-electron chi connectivity index (χ1n) is 11.6. The summed E-state index contributed by atoms with van der Waals surface area (Å²) in [7, 11) is 0. The molecular weight excluding hydrogens is 370 g/mol. The lowest BCUT2D eigenvalue weighted by Gasteiger charge is -2.57. The second kappa shape index (κ2) is 9.01. The predicted octanol–water partition coefficient (Wildman–Crippen LogP) is 4.07. The van der Waals surface area contributed by atoms with Gasteiger partial charge in [-0.25, -0.2) is 0 Å². The number of pyridine rings is 1. The Kier molecular flexibility index (Phi) is 5.98. The Morgan fingerprint density at radius 2 is 1.90 bits per heavy atom. The van der Waals surface area contributed by atoms with Gasteiger partial charge in [-0.3, -0.25) is 14.8 Å². The highest BCUT2D eigenvalue weighted by Crippen LogP contribution is 2.42. The number of rotatable bonds is 5. The van der Waals surface area contributed by atoms with Crippen molar-refractivity contribution in [3.05, 3.63) is 71.6 Å². The third kappa shape index (κ3) is 3.96. The molecule has 0 amide bonds. The van der Waals surface area contributed by atoms with Crippen LogP contribution in [0.5, 0.6) is 0 Å². The van der Waals surface area contributed by atoms with Gasteiger partial charge in [0.15, 0.2) is 0 Å². The summed E-state index contributed by atoms with van der Waals surface area (Å²) in [5.74, 6) is 0.413. The van der Waals surface area contributed by atoms with Crippen molar-refractivity contribution in [1.82, 2.24) is 14.8 Å². The Morgan fingerprint density at radius 1 is 1.03 bits per heavy atom. The molecule has 3 aliphatic rings. The van der Waals surface area contributed by atoms with Gasteiger partial charge in [-0.05, 0) is 73.5 Å². The normalized spacial score (nSPS) is 27.6. The van der Waals surface area contributed by atoms with E-state index in [1.165, 1.54) is 54.4 Å². The molecule has 0 spiro atoms. The fourth-order valence-corrected chi connectivity index (χ4v) is 5.76. The van der Waals surface area contributed by atoms with Gasteiger partial charge in [0.2, 0.25) is 0 Å². The van der Waals surface area contributed by atoms with Crippen molar-refractivity contribution in [3.8, 4) is 0 Å². The van der Waals surface area contributed by atoms with Crippen LogP contribution < -0.4 is 0 Å². The zero-order valence-corrected chi connectivity index (χ0v) is 17.8. The summed E-state index contributed by atoms with van der Waals surface area (Å²) in [6.07, 6.45) is 12.4. The number of aliphatic hydroxyl groups is 1. The molecule has 1 N–H and O–H groups in total. The van der Waals surface area contributed by atoms with Crippen molar-refractivity contribution in [1.29, 1.82) is 0 Å². The topological polar surface area (TPSA) is 39.6 Å². The molecule has 4 nitrogen and oxygen atoms in total. The lowest BCUT2D eigenvalue weighted by molar-refractivity contribution is -0.0655. The Morgan fingerprint density at radius 3 is 2.63 bits per heavy atom. The van der Waals surface area contributed by atoms with Gasteiger partial charge in [0, 0.05) is 43.5 Å². The van der Waals surface area contributed by atoms with Crippen LogP contribution in [0.3, 0.4) is 0 Å². The summed E-state index contributed by atoms with van der Waals surface area (Å²) in [6, 6.07) is 14.2. The molecule has 0 radical (unpaired) electrons. The average Bonchev–Trinajstić information content (AvgIpc) is 3.30. The van der Waals surface area contributed by atoms with Gasteiger partial charge in [-0.15, -0.1) is 0 Å². The van der Waals surface area contributed by atoms with Crippen molar-refractivity contribution in [2.75, 3.05) is 26.2 Å². The Hall–Kier alpha value is -2.01. The van der Waals surface area contributed by atoms with Gasteiger partial charge in [0.1, 0.15) is 0 Å². The number of aliphatic hydroxyl groups excluding tert-OH is 1. The number of fused-ring (bicyclic) bond motifs is 1. The third-order valence-corrected chi connectivity index (χ3v) is 7.29. The van der Waals surface area contributed by atoms with Crippen LogP contribution in [0.15, 0.2) is 54.9 Å². The first-order chi connectivity index (χ1) is 14.8. The van der Waals surface area contributed by atoms with Gasteiger partial charge in [-0.2, -0.15) is 0 Å². The lowest BCUT2D eigenvalue weighted by atomic mass is 9.74. The minimum absolute atomic E-state index is 0.247. The quantitative estimate of drug-likeness (QED) is 0.817. The van der Waals surface area contributed by atoms with Crippen LogP contribution in [-0.4, -0.2) is 58.2 Å². The van der Waals surface area contributed by atoms with Crippen molar-refractivity contribution in [2.45, 2.75) is 56.7 Å². The van der Waals surface area contributed by atoms with E-state index >= 15 is 0 Å². The zero-order valence-electron chi connectivity index (χ0n) is 17.8. The van der Waals surface area contributed by atoms with Gasteiger partial charge >= 0.3 is 0 Å². The standard InChI is InChI=1S/C26H33N3O/c30-19-25-26(23-11-9-22(10-12-23)21-7-1-2-8-21)24-18-28(14-3-4-15-29(24)25)17-20-6-5-13-27-16-20/h5-7,9-13,16,24-26,30H,1-4,8,14-15,17-19H2/t24-,25-,26-/m1/s1. The molecule has 30 heavy (non-hydrogen) atoms. The van der Waals surface area contributed by atoms with Crippen LogP contribution in [-0.2, 0) is 6.54 Å². The van der Waals surface area contributed by atoms with Gasteiger partial charge < -0.3 is 5.11 Å². The largest absolute Gasteiger partial charge is 0.395 e. The van der Waals surface area contributed by atoms with Gasteiger partial charge in [-0.1, -0.05) is 36.4 Å². The first kappa shape index (κ1) is 19.9. The molecule has 1 aromatic heterocycles. The number of allylic oxidation sites excluding steroid dienone is 2. The Bertz CT molecular complexity index is 864. The molecule has 0 bridgehead atoms. The smallest absolute Gasteiger partial charge is 0.0593 e. The molecule has 4 heteroatoms. The predicted molar refractivity (Wildman–Crippen MR) is 121 cm³/mol. The van der Waals surface area contributed by atoms with Crippen LogP contribution in [0.25, 0.3) is 5.57 Å². The summed E-state index contributed by atoms with van der Waals surface area (Å²) >= 11 is 0. The molecule has 3 heterocycles. The van der Waals surface area contributed by atoms with Crippen LogP contribution in [0.1, 0.15) is 54.7 Å². The molecule has 2 saturated heterocycles. The molecule has 0 unspecified atom stereocenters. The summed E-state index contributed by atoms with van der Waals surface area (Å²) in [4.78, 5) is 9.45. The molecule has 2 fully saturated rings. The van der Waals surface area contributed by atoms with E-state index in [0.29, 0.717) is 12.0 Å². The number of hydrogen-bond donors (Lipinski definition) is 1. The number of nitrogens with zero attached hydrogens (tertiary/aromatic N) is 3. The molecule has 158 valence electrons. The second-order valence-corrected chi connectivity index (χ2v) is 9.13. The number of hydrogen-bond acceptors (Lipinski definition) is 4. The maximum atomic E-state index is 10.2. The van der Waals surface area contributed by atoms with Crippen LogP contribution in [0, 0.1) is 0 Å². The first-order valence-corrected chi connectivity index (χ1v) is 11.6. The second-order valence-electron chi connectivity index (χ2n) is 9.13. The fraction of sp³-hybridized carbons (Fsp3) is 0.500. The van der Waals surface area contributed by atoms with Gasteiger partial charge in [0.05, 0.1) is 6.61 Å². The Balaban J connectivity index is 1.34. The summed E-state index contributed by atoms with van der Waals surface area (Å²) in [5, 5.41) is 10.2. The molecule has 3 atom stereocenters. The van der Waals surface area contributed by atoms with E-state index in [4.69, 9.17) is 0 Å². The average molecular weight is 404 g/mol. The minimum Gasteiger partial charge on any atom is -0.395 e. The van der Waals surface area contributed by atoms with Crippen LogP contribution in [0.2, 0.25) is 0 Å². The summed E-state index contributed by atoms with van der Waals surface area (Å²) in [6.45, 7) is 4.52. The number of aromatic nitrogens is 1. The highest BCUT2D eigenvalue weighted by atomic mass is 16.3. The maximum Gasteiger partial charge on any atom is 0.0593 e. The lowest BCUT2D eigenvalue weighted by Crippen LogP contribution is -2.67. The van der Waals surface area contributed by atoms with Crippen molar-refractivity contribution < 1.29 is 5.11 Å². The minimum atomic E-state index is 0.247. The molecular formula is C26H33N3O. The summed E-state index contributed by atoms with van der Waals surface area (Å²) in [5.41, 5.74) is 5.56. The number of benzene rings is 1. The van der Waals surface area contributed by atoms with E-state index in [0.717, 1.165) is 26.2 Å². The molecule has 1 aliphatic carbocycles. The van der Waals surface area contributed by atoms with Crippen molar-refractivity contribution >= 4 is 5.57 Å². The maximum absolute atomic E-state index is 10.2. The molecule has 2 aromatic rings. The van der Waals surface area contributed by atoms with Crippen molar-refractivity contribution in [2.24, 2.45) is 0 Å². The van der Waals surface area contributed by atoms with Crippen LogP contribution >= 0.6 is 0 Å². The van der Waals surface area contributed by atoms with E-state index in [1.54, 1.807) is 0 Å². The third-order valence-electron chi connectivity index (χ3n) is 7.29. The highest BCUT2D eigenvalue weighted by molar-refractivity contribution is 5.67.